The molecular weight excluding hydrogens is 300 g/mol. The van der Waals surface area contributed by atoms with E-state index < -0.39 is 0 Å². The van der Waals surface area contributed by atoms with Crippen molar-refractivity contribution in [2.45, 2.75) is 30.3 Å². The Hall–Kier alpha value is -0.100. The summed E-state index contributed by atoms with van der Waals surface area (Å²) in [5.74, 6) is 1.02. The number of rotatable bonds is 7. The molecule has 0 amide bonds. The van der Waals surface area contributed by atoms with Gasteiger partial charge in [-0.2, -0.15) is 0 Å². The van der Waals surface area contributed by atoms with Gasteiger partial charge in [-0.3, -0.25) is 0 Å². The molecule has 0 spiro atoms. The molecule has 0 aliphatic rings. The number of thioether (sulfide) groups is 1. The molecule has 1 aromatic rings. The van der Waals surface area contributed by atoms with Crippen molar-refractivity contribution >= 4 is 27.7 Å². The first-order valence-electron chi connectivity index (χ1n) is 5.64. The lowest BCUT2D eigenvalue weighted by Gasteiger charge is -2.26. The van der Waals surface area contributed by atoms with Crippen molar-refractivity contribution in [3.8, 4) is 0 Å². The van der Waals surface area contributed by atoms with Crippen LogP contribution >= 0.6 is 27.7 Å². The maximum atomic E-state index is 9.25. The van der Waals surface area contributed by atoms with E-state index in [-0.39, 0.29) is 12.1 Å². The summed E-state index contributed by atoms with van der Waals surface area (Å²) in [5, 5.41) is 13.4. The average Bonchev–Trinajstić information content (AvgIpc) is 2.36. The second-order valence-electron chi connectivity index (χ2n) is 4.24. The van der Waals surface area contributed by atoms with Gasteiger partial charge in [0, 0.05) is 16.2 Å². The number of halogens is 1. The zero-order chi connectivity index (χ0) is 12.7. The highest BCUT2D eigenvalue weighted by Crippen LogP contribution is 2.20. The van der Waals surface area contributed by atoms with Gasteiger partial charge in [0.25, 0.3) is 0 Å². The largest absolute Gasteiger partial charge is 0.394 e. The highest BCUT2D eigenvalue weighted by Gasteiger charge is 2.19. The molecule has 1 aromatic heterocycles. The Morgan fingerprint density at radius 3 is 2.82 bits per heavy atom. The Morgan fingerprint density at radius 1 is 1.53 bits per heavy atom. The normalized spacial score (nSPS) is 14.6. The van der Waals surface area contributed by atoms with E-state index in [9.17, 15) is 5.11 Å². The first kappa shape index (κ1) is 15.0. The van der Waals surface area contributed by atoms with Crippen LogP contribution in [0.5, 0.6) is 0 Å². The number of aliphatic hydroxyl groups is 1. The predicted molar refractivity (Wildman–Crippen MR) is 76.4 cm³/mol. The Labute approximate surface area is 116 Å². The molecule has 2 N–H and O–H groups in total. The van der Waals surface area contributed by atoms with E-state index in [1.165, 1.54) is 0 Å². The van der Waals surface area contributed by atoms with Crippen LogP contribution in [0, 0.1) is 0 Å². The lowest BCUT2D eigenvalue weighted by Crippen LogP contribution is -2.43. The lowest BCUT2D eigenvalue weighted by molar-refractivity contribution is 0.173. The standard InChI is InChI=1S/C12H19BrN2OS/c1-12(9-16,14-2)6-3-7-17-11-5-4-10(13)8-15-11/h4-5,8,14,16H,3,6-7,9H2,1-2H3. The summed E-state index contributed by atoms with van der Waals surface area (Å²) in [4.78, 5) is 4.30. The molecule has 0 aliphatic carbocycles. The number of hydrogen-bond acceptors (Lipinski definition) is 4. The summed E-state index contributed by atoms with van der Waals surface area (Å²) in [6.07, 6.45) is 3.83. The van der Waals surface area contributed by atoms with E-state index in [4.69, 9.17) is 0 Å². The van der Waals surface area contributed by atoms with Gasteiger partial charge < -0.3 is 10.4 Å². The fraction of sp³-hybridized carbons (Fsp3) is 0.583. The Balaban J connectivity index is 2.26. The van der Waals surface area contributed by atoms with Gasteiger partial charge >= 0.3 is 0 Å². The first-order chi connectivity index (χ1) is 8.09. The van der Waals surface area contributed by atoms with Crippen LogP contribution in [0.2, 0.25) is 0 Å². The Morgan fingerprint density at radius 2 is 2.29 bits per heavy atom. The molecule has 17 heavy (non-hydrogen) atoms. The first-order valence-corrected chi connectivity index (χ1v) is 7.41. The van der Waals surface area contributed by atoms with E-state index >= 15 is 0 Å². The smallest absolute Gasteiger partial charge is 0.0960 e. The fourth-order valence-corrected chi connectivity index (χ4v) is 2.39. The number of nitrogens with zero attached hydrogens (tertiary/aromatic N) is 1. The number of nitrogens with one attached hydrogen (secondary N) is 1. The van der Waals surface area contributed by atoms with Crippen LogP contribution in [0.3, 0.4) is 0 Å². The summed E-state index contributed by atoms with van der Waals surface area (Å²) in [6, 6.07) is 4.01. The molecular formula is C12H19BrN2OS. The Bertz CT molecular complexity index is 328. The Kier molecular flexibility index (Phi) is 6.48. The molecule has 0 aliphatic heterocycles. The second kappa shape index (κ2) is 7.36. The molecule has 1 heterocycles. The minimum atomic E-state index is -0.159. The van der Waals surface area contributed by atoms with Gasteiger partial charge in [0.1, 0.15) is 0 Å². The number of aromatic nitrogens is 1. The molecule has 0 fully saturated rings. The third-order valence-corrected chi connectivity index (χ3v) is 4.27. The van der Waals surface area contributed by atoms with Gasteiger partial charge in [-0.25, -0.2) is 4.98 Å². The SMILES string of the molecule is CNC(C)(CO)CCCSc1ccc(Br)cn1. The van der Waals surface area contributed by atoms with E-state index in [0.29, 0.717) is 0 Å². The zero-order valence-corrected chi connectivity index (χ0v) is 12.6. The minimum absolute atomic E-state index is 0.159. The molecule has 5 heteroatoms. The summed E-state index contributed by atoms with van der Waals surface area (Å²) >= 11 is 5.11. The van der Waals surface area contributed by atoms with Crippen molar-refractivity contribution in [3.05, 3.63) is 22.8 Å². The molecule has 0 saturated carbocycles. The van der Waals surface area contributed by atoms with Gasteiger partial charge in [0.15, 0.2) is 0 Å². The zero-order valence-electron chi connectivity index (χ0n) is 10.2. The van der Waals surface area contributed by atoms with E-state index in [1.807, 2.05) is 32.3 Å². The highest BCUT2D eigenvalue weighted by atomic mass is 79.9. The molecule has 0 radical (unpaired) electrons. The molecule has 0 saturated heterocycles. The van der Waals surface area contributed by atoms with Crippen LogP contribution in [0.1, 0.15) is 19.8 Å². The predicted octanol–water partition coefficient (Wildman–Crippen LogP) is 2.69. The van der Waals surface area contributed by atoms with Gasteiger partial charge in [0.2, 0.25) is 0 Å². The lowest BCUT2D eigenvalue weighted by atomic mass is 9.98. The van der Waals surface area contributed by atoms with Crippen LogP contribution in [0.4, 0.5) is 0 Å². The number of aliphatic hydroxyl groups excluding tert-OH is 1. The van der Waals surface area contributed by atoms with Crippen LogP contribution < -0.4 is 5.32 Å². The van der Waals surface area contributed by atoms with Crippen molar-refractivity contribution in [1.82, 2.24) is 10.3 Å². The van der Waals surface area contributed by atoms with Gasteiger partial charge in [-0.05, 0) is 60.6 Å². The molecule has 0 bridgehead atoms. The molecule has 1 rings (SSSR count). The maximum absolute atomic E-state index is 9.25. The number of hydrogen-bond donors (Lipinski definition) is 2. The molecule has 1 atom stereocenters. The molecule has 1 unspecified atom stereocenters. The number of pyridine rings is 1. The van der Waals surface area contributed by atoms with E-state index in [1.54, 1.807) is 11.8 Å². The molecule has 96 valence electrons. The van der Waals surface area contributed by atoms with Crippen LogP contribution in [0.15, 0.2) is 27.8 Å². The number of likely N-dealkylation sites (N-methyl/N-ethyl adjacent to an activating group) is 1. The minimum Gasteiger partial charge on any atom is -0.394 e. The fourth-order valence-electron chi connectivity index (χ4n) is 1.37. The van der Waals surface area contributed by atoms with Gasteiger partial charge in [-0.15, -0.1) is 11.8 Å². The quantitative estimate of drug-likeness (QED) is 0.599. The van der Waals surface area contributed by atoms with E-state index in [0.717, 1.165) is 28.1 Å². The summed E-state index contributed by atoms with van der Waals surface area (Å²) in [7, 11) is 1.89. The maximum Gasteiger partial charge on any atom is 0.0960 e. The van der Waals surface area contributed by atoms with Crippen LogP contribution in [-0.2, 0) is 0 Å². The monoisotopic (exact) mass is 318 g/mol. The summed E-state index contributed by atoms with van der Waals surface area (Å²) in [5.41, 5.74) is -0.159. The van der Waals surface area contributed by atoms with Crippen molar-refractivity contribution in [3.63, 3.8) is 0 Å². The average molecular weight is 319 g/mol. The molecule has 0 aromatic carbocycles. The van der Waals surface area contributed by atoms with Gasteiger partial charge in [-0.1, -0.05) is 0 Å². The van der Waals surface area contributed by atoms with Crippen molar-refractivity contribution in [2.24, 2.45) is 0 Å². The van der Waals surface area contributed by atoms with Crippen molar-refractivity contribution in [1.29, 1.82) is 0 Å². The highest BCUT2D eigenvalue weighted by molar-refractivity contribution is 9.10. The summed E-state index contributed by atoms with van der Waals surface area (Å²) < 4.78 is 1.00. The summed E-state index contributed by atoms with van der Waals surface area (Å²) in [6.45, 7) is 2.21. The topological polar surface area (TPSA) is 45.1 Å². The third kappa shape index (κ3) is 5.38. The second-order valence-corrected chi connectivity index (χ2v) is 6.27. The van der Waals surface area contributed by atoms with Gasteiger partial charge in [0.05, 0.1) is 11.6 Å². The van der Waals surface area contributed by atoms with Crippen LogP contribution in [-0.4, -0.2) is 35.0 Å². The van der Waals surface area contributed by atoms with Crippen molar-refractivity contribution < 1.29 is 5.11 Å². The van der Waals surface area contributed by atoms with Crippen molar-refractivity contribution in [2.75, 3.05) is 19.4 Å². The third-order valence-electron chi connectivity index (χ3n) is 2.78. The van der Waals surface area contributed by atoms with Crippen LogP contribution in [0.25, 0.3) is 0 Å². The van der Waals surface area contributed by atoms with E-state index in [2.05, 4.69) is 26.2 Å². The molecule has 3 nitrogen and oxygen atoms in total.